The number of ether oxygens (including phenoxy) is 2. The van der Waals surface area contributed by atoms with Crippen LogP contribution >= 0.6 is 35.6 Å². The Morgan fingerprint density at radius 2 is 1.93 bits per heavy atom. The predicted molar refractivity (Wildman–Crippen MR) is 124 cm³/mol. The maximum Gasteiger partial charge on any atom is 0.343 e. The van der Waals surface area contributed by atoms with Gasteiger partial charge in [-0.3, -0.25) is 9.69 Å². The molecule has 5 nitrogen and oxygen atoms in total. The molecule has 0 aliphatic carbocycles. The highest BCUT2D eigenvalue weighted by Gasteiger charge is 2.31. The van der Waals surface area contributed by atoms with E-state index in [0.29, 0.717) is 32.1 Å². The van der Waals surface area contributed by atoms with E-state index in [4.69, 9.17) is 33.3 Å². The molecule has 0 aromatic heterocycles. The third-order valence-corrected chi connectivity index (χ3v) is 6.01. The molecule has 1 aliphatic heterocycles. The number of carbonyl (C=O) groups is 2. The van der Waals surface area contributed by atoms with E-state index >= 15 is 0 Å². The van der Waals surface area contributed by atoms with Gasteiger partial charge in [-0.2, -0.15) is 0 Å². The first-order valence-corrected chi connectivity index (χ1v) is 10.9. The van der Waals surface area contributed by atoms with Crippen LogP contribution in [0.1, 0.15) is 35.7 Å². The average molecular weight is 462 g/mol. The number of halogens is 1. The first-order chi connectivity index (χ1) is 14.4. The summed E-state index contributed by atoms with van der Waals surface area (Å²) in [6.45, 7) is 2.70. The molecule has 156 valence electrons. The van der Waals surface area contributed by atoms with Gasteiger partial charge in [0, 0.05) is 11.6 Å². The number of esters is 1. The Labute approximate surface area is 190 Å². The van der Waals surface area contributed by atoms with Gasteiger partial charge in [0.1, 0.15) is 4.32 Å². The minimum absolute atomic E-state index is 0.0874. The number of benzene rings is 2. The zero-order valence-electron chi connectivity index (χ0n) is 16.5. The summed E-state index contributed by atoms with van der Waals surface area (Å²) in [5.74, 6) is 0.0581. The molecule has 2 aromatic carbocycles. The second-order valence-corrected chi connectivity index (χ2v) is 8.61. The van der Waals surface area contributed by atoms with Crippen LogP contribution in [-0.4, -0.2) is 34.8 Å². The number of thiocarbonyl (C=S) groups is 1. The number of methoxy groups -OCH3 is 1. The van der Waals surface area contributed by atoms with Crippen molar-refractivity contribution in [2.24, 2.45) is 0 Å². The third-order valence-electron chi connectivity index (χ3n) is 4.38. The Morgan fingerprint density at radius 1 is 1.20 bits per heavy atom. The molecule has 8 heteroatoms. The fourth-order valence-corrected chi connectivity index (χ4v) is 4.20. The van der Waals surface area contributed by atoms with Crippen LogP contribution in [0.4, 0.5) is 0 Å². The van der Waals surface area contributed by atoms with Gasteiger partial charge in [-0.15, -0.1) is 0 Å². The van der Waals surface area contributed by atoms with Crippen molar-refractivity contribution in [3.8, 4) is 11.5 Å². The predicted octanol–water partition coefficient (Wildman–Crippen LogP) is 5.57. The minimum Gasteiger partial charge on any atom is -0.493 e. The quantitative estimate of drug-likeness (QED) is 0.232. The van der Waals surface area contributed by atoms with Crippen LogP contribution in [0.3, 0.4) is 0 Å². The number of unbranched alkanes of at least 4 members (excludes halogenated alkanes) is 1. The summed E-state index contributed by atoms with van der Waals surface area (Å²) in [7, 11) is 1.49. The van der Waals surface area contributed by atoms with Crippen molar-refractivity contribution < 1.29 is 19.1 Å². The van der Waals surface area contributed by atoms with Crippen LogP contribution in [-0.2, 0) is 4.79 Å². The van der Waals surface area contributed by atoms with E-state index in [2.05, 4.69) is 6.92 Å². The van der Waals surface area contributed by atoms with Gasteiger partial charge in [0.2, 0.25) is 0 Å². The topological polar surface area (TPSA) is 55.8 Å². The highest BCUT2D eigenvalue weighted by molar-refractivity contribution is 8.26. The molecule has 1 amide bonds. The average Bonchev–Trinajstić information content (AvgIpc) is 3.00. The molecule has 0 radical (unpaired) electrons. The fraction of sp³-hybridized carbons (Fsp3) is 0.227. The lowest BCUT2D eigenvalue weighted by Gasteiger charge is -2.13. The minimum atomic E-state index is -0.519. The lowest BCUT2D eigenvalue weighted by molar-refractivity contribution is -0.122. The second-order valence-electron chi connectivity index (χ2n) is 6.49. The summed E-state index contributed by atoms with van der Waals surface area (Å²) in [5, 5.41) is 0.536. The molecular formula is C22H20ClNO4S2. The number of thioether (sulfide) groups is 1. The van der Waals surface area contributed by atoms with Crippen LogP contribution in [0.25, 0.3) is 6.08 Å². The molecule has 1 heterocycles. The highest BCUT2D eigenvalue weighted by Crippen LogP contribution is 2.35. The van der Waals surface area contributed by atoms with Crippen LogP contribution < -0.4 is 9.47 Å². The van der Waals surface area contributed by atoms with Gasteiger partial charge in [-0.1, -0.05) is 55.0 Å². The third kappa shape index (κ3) is 5.22. The molecule has 0 bridgehead atoms. The van der Waals surface area contributed by atoms with Gasteiger partial charge in [0.05, 0.1) is 17.6 Å². The number of hydrogen-bond donors (Lipinski definition) is 0. The van der Waals surface area contributed by atoms with Crippen LogP contribution in [0.2, 0.25) is 5.02 Å². The van der Waals surface area contributed by atoms with Crippen molar-refractivity contribution >= 4 is 57.9 Å². The normalized spacial score (nSPS) is 15.0. The Bertz CT molecular complexity index is 1000. The van der Waals surface area contributed by atoms with Crippen molar-refractivity contribution in [2.75, 3.05) is 13.7 Å². The van der Waals surface area contributed by atoms with Gasteiger partial charge in [-0.25, -0.2) is 4.79 Å². The second kappa shape index (κ2) is 10.1. The van der Waals surface area contributed by atoms with Gasteiger partial charge in [0.25, 0.3) is 5.91 Å². The van der Waals surface area contributed by atoms with Gasteiger partial charge in [-0.05, 0) is 54.5 Å². The SMILES string of the molecule is CCCCN1C(=O)/C(=C\c2ccc(OC(=O)c3ccc(Cl)cc3)c(OC)c2)SC1=S. The lowest BCUT2D eigenvalue weighted by atomic mass is 10.1. The van der Waals surface area contributed by atoms with Crippen molar-refractivity contribution in [1.29, 1.82) is 0 Å². The number of carbonyl (C=O) groups excluding carboxylic acids is 2. The summed E-state index contributed by atoms with van der Waals surface area (Å²) in [6.07, 6.45) is 3.66. The number of amides is 1. The van der Waals surface area contributed by atoms with E-state index in [1.807, 2.05) is 0 Å². The molecule has 0 unspecified atom stereocenters. The van der Waals surface area contributed by atoms with E-state index < -0.39 is 5.97 Å². The zero-order valence-corrected chi connectivity index (χ0v) is 18.9. The molecular weight excluding hydrogens is 442 g/mol. The van der Waals surface area contributed by atoms with Crippen molar-refractivity contribution in [3.63, 3.8) is 0 Å². The summed E-state index contributed by atoms with van der Waals surface area (Å²) >= 11 is 12.5. The zero-order chi connectivity index (χ0) is 21.7. The first kappa shape index (κ1) is 22.3. The number of rotatable bonds is 7. The molecule has 0 saturated carbocycles. The van der Waals surface area contributed by atoms with Crippen molar-refractivity contribution in [3.05, 3.63) is 63.5 Å². The number of nitrogens with zero attached hydrogens (tertiary/aromatic N) is 1. The van der Waals surface area contributed by atoms with Crippen LogP contribution in [0.15, 0.2) is 47.4 Å². The maximum atomic E-state index is 12.6. The van der Waals surface area contributed by atoms with Crippen LogP contribution in [0.5, 0.6) is 11.5 Å². The molecule has 0 N–H and O–H groups in total. The Morgan fingerprint density at radius 3 is 2.60 bits per heavy atom. The van der Waals surface area contributed by atoms with E-state index in [-0.39, 0.29) is 11.7 Å². The Balaban J connectivity index is 1.78. The van der Waals surface area contributed by atoms with Gasteiger partial charge >= 0.3 is 5.97 Å². The summed E-state index contributed by atoms with van der Waals surface area (Å²) in [4.78, 5) is 27.2. The van der Waals surface area contributed by atoms with Gasteiger partial charge in [0.15, 0.2) is 11.5 Å². The molecule has 0 atom stereocenters. The van der Waals surface area contributed by atoms with Gasteiger partial charge < -0.3 is 9.47 Å². The Hall–Kier alpha value is -2.35. The Kier molecular flexibility index (Phi) is 7.53. The molecule has 1 saturated heterocycles. The van der Waals surface area contributed by atoms with E-state index in [9.17, 15) is 9.59 Å². The highest BCUT2D eigenvalue weighted by atomic mass is 35.5. The monoisotopic (exact) mass is 461 g/mol. The van der Waals surface area contributed by atoms with Crippen molar-refractivity contribution in [2.45, 2.75) is 19.8 Å². The smallest absolute Gasteiger partial charge is 0.343 e. The van der Waals surface area contributed by atoms with Crippen LogP contribution in [0, 0.1) is 0 Å². The fourth-order valence-electron chi connectivity index (χ4n) is 2.76. The first-order valence-electron chi connectivity index (χ1n) is 9.34. The maximum absolute atomic E-state index is 12.6. The molecule has 2 aromatic rings. The van der Waals surface area contributed by atoms with E-state index in [1.165, 1.54) is 18.9 Å². The van der Waals surface area contributed by atoms with E-state index in [1.54, 1.807) is 53.4 Å². The summed E-state index contributed by atoms with van der Waals surface area (Å²) in [6, 6.07) is 11.5. The van der Waals surface area contributed by atoms with Crippen molar-refractivity contribution in [1.82, 2.24) is 4.90 Å². The molecule has 3 rings (SSSR count). The molecule has 1 aliphatic rings. The number of hydrogen-bond acceptors (Lipinski definition) is 6. The largest absolute Gasteiger partial charge is 0.493 e. The summed E-state index contributed by atoms with van der Waals surface area (Å²) in [5.41, 5.74) is 1.12. The standard InChI is InChI=1S/C22H20ClNO4S2/c1-3-4-11-24-20(25)19(30-22(24)29)13-14-5-10-17(18(12-14)27-2)28-21(26)15-6-8-16(23)9-7-15/h5-10,12-13H,3-4,11H2,1-2H3/b19-13+. The molecule has 0 spiro atoms. The molecule has 1 fully saturated rings. The molecule has 30 heavy (non-hydrogen) atoms. The summed E-state index contributed by atoms with van der Waals surface area (Å²) < 4.78 is 11.4. The lowest BCUT2D eigenvalue weighted by Crippen LogP contribution is -2.28. The van der Waals surface area contributed by atoms with E-state index in [0.717, 1.165) is 18.4 Å².